The predicted molar refractivity (Wildman–Crippen MR) is 95.0 cm³/mol. The molecule has 126 valence electrons. The molecule has 0 bridgehead atoms. The van der Waals surface area contributed by atoms with Gasteiger partial charge in [-0.15, -0.1) is 0 Å². The normalized spacial score (nSPS) is 11.0. The third-order valence-electron chi connectivity index (χ3n) is 3.43. The summed E-state index contributed by atoms with van der Waals surface area (Å²) in [5.41, 5.74) is 8.43. The highest BCUT2D eigenvalue weighted by Gasteiger charge is 2.15. The molecule has 0 unspecified atom stereocenters. The first-order chi connectivity index (χ1) is 11.9. The van der Waals surface area contributed by atoms with E-state index < -0.39 is 10.0 Å². The Morgan fingerprint density at radius 3 is 2.52 bits per heavy atom. The van der Waals surface area contributed by atoms with Crippen LogP contribution in [0.4, 0.5) is 11.5 Å². The number of nitrogens with one attached hydrogen (secondary N) is 1. The Balaban J connectivity index is 2.05. The molecule has 2 aromatic heterocycles. The van der Waals surface area contributed by atoms with Crippen molar-refractivity contribution in [2.45, 2.75) is 0 Å². The zero-order chi connectivity index (χ0) is 18.0. The molecular formula is C17H14N4O3S. The van der Waals surface area contributed by atoms with Gasteiger partial charge >= 0.3 is 0 Å². The molecule has 0 fully saturated rings. The summed E-state index contributed by atoms with van der Waals surface area (Å²) < 4.78 is 30.3. The van der Waals surface area contributed by atoms with Gasteiger partial charge in [0.25, 0.3) is 0 Å². The molecule has 3 aromatic rings. The maximum atomic E-state index is 11.3. The molecule has 0 saturated heterocycles. The standard InChI is InChI=1S/C17H14N4O3S/c1-25(22,23)21-12-6-4-11(5-7-12)15-9-13(16-3-2-8-24-16)14(10-18)17(19)20-15/h2-9,21H,1H3,(H2,19,20). The van der Waals surface area contributed by atoms with Crippen molar-refractivity contribution in [1.82, 2.24) is 4.98 Å². The average molecular weight is 354 g/mol. The molecule has 0 aliphatic rings. The Labute approximate surface area is 144 Å². The van der Waals surface area contributed by atoms with Gasteiger partial charge in [0, 0.05) is 16.8 Å². The van der Waals surface area contributed by atoms with Crippen LogP contribution in [-0.4, -0.2) is 19.7 Å². The molecule has 0 radical (unpaired) electrons. The molecule has 3 N–H and O–H groups in total. The van der Waals surface area contributed by atoms with Crippen LogP contribution in [0.2, 0.25) is 0 Å². The summed E-state index contributed by atoms with van der Waals surface area (Å²) in [5.74, 6) is 0.618. The third kappa shape index (κ3) is 3.62. The lowest BCUT2D eigenvalue weighted by atomic mass is 10.0. The summed E-state index contributed by atoms with van der Waals surface area (Å²) in [4.78, 5) is 4.26. The molecule has 0 aliphatic carbocycles. The van der Waals surface area contributed by atoms with Gasteiger partial charge in [0.2, 0.25) is 10.0 Å². The first-order valence-electron chi connectivity index (χ1n) is 7.20. The Hall–Kier alpha value is -3.31. The quantitative estimate of drug-likeness (QED) is 0.743. The van der Waals surface area contributed by atoms with Crippen molar-refractivity contribution >= 4 is 21.5 Å². The van der Waals surface area contributed by atoms with E-state index in [1.165, 1.54) is 6.26 Å². The van der Waals surface area contributed by atoms with Crippen molar-refractivity contribution in [1.29, 1.82) is 5.26 Å². The number of nitrogens with zero attached hydrogens (tertiary/aromatic N) is 2. The van der Waals surface area contributed by atoms with Crippen molar-refractivity contribution in [2.75, 3.05) is 16.7 Å². The van der Waals surface area contributed by atoms with Gasteiger partial charge in [-0.3, -0.25) is 4.72 Å². The molecule has 2 heterocycles. The minimum atomic E-state index is -3.34. The summed E-state index contributed by atoms with van der Waals surface area (Å²) in [6, 6.07) is 13.9. The van der Waals surface area contributed by atoms with Crippen molar-refractivity contribution in [3.63, 3.8) is 0 Å². The lowest BCUT2D eigenvalue weighted by Crippen LogP contribution is -2.09. The number of nitriles is 1. The highest BCUT2D eigenvalue weighted by atomic mass is 32.2. The number of pyridine rings is 1. The van der Waals surface area contributed by atoms with Gasteiger partial charge < -0.3 is 10.2 Å². The van der Waals surface area contributed by atoms with Crippen molar-refractivity contribution in [2.24, 2.45) is 0 Å². The van der Waals surface area contributed by atoms with E-state index in [0.29, 0.717) is 22.7 Å². The minimum absolute atomic E-state index is 0.102. The smallest absolute Gasteiger partial charge is 0.229 e. The third-order valence-corrected chi connectivity index (χ3v) is 4.04. The number of benzene rings is 1. The maximum absolute atomic E-state index is 11.3. The van der Waals surface area contributed by atoms with E-state index in [-0.39, 0.29) is 11.4 Å². The fraction of sp³-hybridized carbons (Fsp3) is 0.0588. The van der Waals surface area contributed by atoms with Gasteiger partial charge in [-0.05, 0) is 30.3 Å². The lowest BCUT2D eigenvalue weighted by Gasteiger charge is -2.09. The van der Waals surface area contributed by atoms with Crippen LogP contribution < -0.4 is 10.5 Å². The predicted octanol–water partition coefficient (Wildman–Crippen LogP) is 2.83. The van der Waals surface area contributed by atoms with Gasteiger partial charge in [-0.25, -0.2) is 13.4 Å². The monoisotopic (exact) mass is 354 g/mol. The molecule has 0 spiro atoms. The van der Waals surface area contributed by atoms with E-state index in [1.807, 2.05) is 6.07 Å². The lowest BCUT2D eigenvalue weighted by molar-refractivity contribution is 0.582. The first-order valence-corrected chi connectivity index (χ1v) is 9.09. The van der Waals surface area contributed by atoms with Gasteiger partial charge in [0.05, 0.1) is 18.2 Å². The summed E-state index contributed by atoms with van der Waals surface area (Å²) in [6.07, 6.45) is 2.60. The highest BCUT2D eigenvalue weighted by molar-refractivity contribution is 7.92. The molecular weight excluding hydrogens is 340 g/mol. The molecule has 0 aliphatic heterocycles. The first kappa shape index (κ1) is 16.5. The number of nitrogens with two attached hydrogens (primary N) is 1. The molecule has 0 saturated carbocycles. The van der Waals surface area contributed by atoms with Gasteiger partial charge in [-0.1, -0.05) is 12.1 Å². The topological polar surface area (TPSA) is 122 Å². The number of hydrogen-bond acceptors (Lipinski definition) is 6. The van der Waals surface area contributed by atoms with Gasteiger partial charge in [0.1, 0.15) is 23.2 Å². The largest absolute Gasteiger partial charge is 0.464 e. The molecule has 25 heavy (non-hydrogen) atoms. The van der Waals surface area contributed by atoms with Gasteiger partial charge in [-0.2, -0.15) is 5.26 Å². The fourth-order valence-corrected chi connectivity index (χ4v) is 2.94. The summed E-state index contributed by atoms with van der Waals surface area (Å²) in [5, 5.41) is 9.33. The zero-order valence-corrected chi connectivity index (χ0v) is 14.0. The summed E-state index contributed by atoms with van der Waals surface area (Å²) >= 11 is 0. The summed E-state index contributed by atoms with van der Waals surface area (Å²) in [6.45, 7) is 0. The van der Waals surface area contributed by atoms with Crippen LogP contribution in [-0.2, 0) is 10.0 Å². The Morgan fingerprint density at radius 1 is 1.24 bits per heavy atom. The second kappa shape index (κ2) is 6.30. The van der Waals surface area contributed by atoms with E-state index in [2.05, 4.69) is 9.71 Å². The van der Waals surface area contributed by atoms with Crippen molar-refractivity contribution in [3.8, 4) is 28.7 Å². The molecule has 1 aromatic carbocycles. The SMILES string of the molecule is CS(=O)(=O)Nc1ccc(-c2cc(-c3ccco3)c(C#N)c(N)n2)cc1. The van der Waals surface area contributed by atoms with Crippen LogP contribution >= 0.6 is 0 Å². The molecule has 0 amide bonds. The molecule has 0 atom stereocenters. The Kier molecular flexibility index (Phi) is 4.17. The second-order valence-electron chi connectivity index (χ2n) is 5.36. The molecule has 7 nitrogen and oxygen atoms in total. The van der Waals surface area contributed by atoms with E-state index in [0.717, 1.165) is 11.8 Å². The van der Waals surface area contributed by atoms with E-state index in [4.69, 9.17) is 10.2 Å². The summed E-state index contributed by atoms with van der Waals surface area (Å²) in [7, 11) is -3.34. The van der Waals surface area contributed by atoms with Crippen LogP contribution in [0.5, 0.6) is 0 Å². The van der Waals surface area contributed by atoms with Crippen LogP contribution in [0.25, 0.3) is 22.6 Å². The number of hydrogen-bond donors (Lipinski definition) is 2. The highest BCUT2D eigenvalue weighted by Crippen LogP contribution is 2.31. The average Bonchev–Trinajstić information content (AvgIpc) is 3.07. The molecule has 3 rings (SSSR count). The van der Waals surface area contributed by atoms with E-state index in [9.17, 15) is 13.7 Å². The van der Waals surface area contributed by atoms with Crippen LogP contribution in [0.15, 0.2) is 53.1 Å². The Bertz CT molecular complexity index is 1050. The van der Waals surface area contributed by atoms with Crippen LogP contribution in [0.3, 0.4) is 0 Å². The minimum Gasteiger partial charge on any atom is -0.464 e. The van der Waals surface area contributed by atoms with Crippen molar-refractivity contribution in [3.05, 3.63) is 54.3 Å². The number of rotatable bonds is 4. The maximum Gasteiger partial charge on any atom is 0.229 e. The number of aromatic nitrogens is 1. The fourth-order valence-electron chi connectivity index (χ4n) is 2.38. The number of anilines is 2. The van der Waals surface area contributed by atoms with Crippen molar-refractivity contribution < 1.29 is 12.8 Å². The van der Waals surface area contributed by atoms with Crippen LogP contribution in [0.1, 0.15) is 5.56 Å². The van der Waals surface area contributed by atoms with E-state index >= 15 is 0 Å². The zero-order valence-electron chi connectivity index (χ0n) is 13.2. The second-order valence-corrected chi connectivity index (χ2v) is 7.10. The van der Waals surface area contributed by atoms with Crippen LogP contribution in [0, 0.1) is 11.3 Å². The Morgan fingerprint density at radius 2 is 1.96 bits per heavy atom. The number of furan rings is 1. The number of nitrogen functional groups attached to an aromatic ring is 1. The number of sulfonamides is 1. The van der Waals surface area contributed by atoms with E-state index in [1.54, 1.807) is 42.5 Å². The molecule has 8 heteroatoms. The van der Waals surface area contributed by atoms with Gasteiger partial charge in [0.15, 0.2) is 0 Å².